The SMILES string of the molecule is C=C1CC2C(CCc3cc4c(cc3-c3cccc[n+]31)c1cccc3c5ccccc5n4c31)c1ccccc1-c1ccc(C)c[n+]12. The van der Waals surface area contributed by atoms with Crippen LogP contribution in [0.2, 0.25) is 0 Å². The van der Waals surface area contributed by atoms with Crippen LogP contribution in [0.3, 0.4) is 0 Å². The third-order valence-electron chi connectivity index (χ3n) is 10.7. The summed E-state index contributed by atoms with van der Waals surface area (Å²) in [5.74, 6) is 0.375. The van der Waals surface area contributed by atoms with Crippen LogP contribution in [0.25, 0.3) is 66.3 Å². The molecule has 0 N–H and O–H groups in total. The summed E-state index contributed by atoms with van der Waals surface area (Å²) in [5.41, 5.74) is 14.4. The molecule has 2 atom stereocenters. The smallest absolute Gasteiger partial charge is 0.218 e. The second-order valence-corrected chi connectivity index (χ2v) is 13.1. The number of benzene rings is 4. The Hall–Kier alpha value is -5.28. The Morgan fingerprint density at radius 3 is 2.44 bits per heavy atom. The van der Waals surface area contributed by atoms with Crippen LogP contribution in [0.5, 0.6) is 0 Å². The molecule has 0 saturated heterocycles. The molecule has 4 aromatic carbocycles. The molecule has 214 valence electrons. The minimum absolute atomic E-state index is 0.288. The normalized spacial score (nSPS) is 17.7. The van der Waals surface area contributed by atoms with Crippen molar-refractivity contribution in [1.82, 2.24) is 4.40 Å². The predicted molar refractivity (Wildman–Crippen MR) is 184 cm³/mol. The molecular formula is C42H33N3+2. The Morgan fingerprint density at radius 1 is 0.711 bits per heavy atom. The maximum Gasteiger partial charge on any atom is 0.218 e. The molecule has 2 aliphatic heterocycles. The van der Waals surface area contributed by atoms with Crippen molar-refractivity contribution in [2.45, 2.75) is 38.1 Å². The van der Waals surface area contributed by atoms with Crippen molar-refractivity contribution in [3.63, 3.8) is 0 Å². The van der Waals surface area contributed by atoms with E-state index in [0.717, 1.165) is 25.0 Å². The highest BCUT2D eigenvalue weighted by atomic mass is 15.0. The van der Waals surface area contributed by atoms with Crippen molar-refractivity contribution < 1.29 is 9.13 Å². The number of nitrogens with zero attached hydrogens (tertiary/aromatic N) is 3. The second-order valence-electron chi connectivity index (χ2n) is 13.1. The minimum Gasteiger partial charge on any atom is -0.308 e. The van der Waals surface area contributed by atoms with E-state index in [1.807, 2.05) is 0 Å². The van der Waals surface area contributed by atoms with Gasteiger partial charge in [0.15, 0.2) is 24.1 Å². The molecule has 2 aliphatic rings. The molecule has 4 aromatic heterocycles. The zero-order valence-electron chi connectivity index (χ0n) is 25.4. The van der Waals surface area contributed by atoms with Crippen molar-refractivity contribution in [3.8, 4) is 22.5 Å². The molecule has 2 unspecified atom stereocenters. The molecule has 8 aromatic rings. The third-order valence-corrected chi connectivity index (χ3v) is 10.7. The summed E-state index contributed by atoms with van der Waals surface area (Å²) in [5, 5.41) is 5.30. The molecule has 45 heavy (non-hydrogen) atoms. The first kappa shape index (κ1) is 25.1. The molecule has 0 spiro atoms. The summed E-state index contributed by atoms with van der Waals surface area (Å²) in [4.78, 5) is 0. The fraction of sp³-hybridized carbons (Fsp3) is 0.143. The molecule has 3 nitrogen and oxygen atoms in total. The Balaban J connectivity index is 1.25. The quantitative estimate of drug-likeness (QED) is 0.159. The van der Waals surface area contributed by atoms with Crippen LogP contribution in [0.1, 0.15) is 41.5 Å². The monoisotopic (exact) mass is 579 g/mol. The van der Waals surface area contributed by atoms with E-state index < -0.39 is 0 Å². The lowest BCUT2D eigenvalue weighted by Gasteiger charge is -2.31. The lowest BCUT2D eigenvalue weighted by molar-refractivity contribution is -0.720. The molecular weight excluding hydrogens is 546 g/mol. The van der Waals surface area contributed by atoms with Gasteiger partial charge in [0.2, 0.25) is 11.4 Å². The van der Waals surface area contributed by atoms with E-state index in [1.165, 1.54) is 77.3 Å². The van der Waals surface area contributed by atoms with Crippen LogP contribution in [0, 0.1) is 6.92 Å². The summed E-state index contributed by atoms with van der Waals surface area (Å²) >= 11 is 0. The largest absolute Gasteiger partial charge is 0.308 e. The Bertz CT molecular complexity index is 2520. The van der Waals surface area contributed by atoms with Crippen LogP contribution in [-0.2, 0) is 6.42 Å². The number of allylic oxidation sites excluding steroid dienone is 1. The number of aryl methyl sites for hydroxylation is 2. The molecule has 0 aliphatic carbocycles. The maximum atomic E-state index is 4.75. The van der Waals surface area contributed by atoms with Gasteiger partial charge in [-0.05, 0) is 73.9 Å². The second kappa shape index (κ2) is 9.12. The van der Waals surface area contributed by atoms with Gasteiger partial charge in [0.1, 0.15) is 0 Å². The molecule has 0 radical (unpaired) electrons. The van der Waals surface area contributed by atoms with E-state index in [2.05, 4.69) is 142 Å². The Labute approximate surface area is 262 Å². The fourth-order valence-electron chi connectivity index (χ4n) is 8.73. The van der Waals surface area contributed by atoms with E-state index in [-0.39, 0.29) is 6.04 Å². The first-order valence-electron chi connectivity index (χ1n) is 16.2. The van der Waals surface area contributed by atoms with Crippen molar-refractivity contribution in [2.75, 3.05) is 0 Å². The van der Waals surface area contributed by atoms with Crippen LogP contribution < -0.4 is 9.13 Å². The number of rotatable bonds is 0. The van der Waals surface area contributed by atoms with Gasteiger partial charge in [0.05, 0.1) is 28.5 Å². The summed E-state index contributed by atoms with van der Waals surface area (Å²) in [6, 6.07) is 41.2. The average Bonchev–Trinajstić information content (AvgIpc) is 3.59. The van der Waals surface area contributed by atoms with Crippen LogP contribution in [0.4, 0.5) is 0 Å². The highest BCUT2D eigenvalue weighted by Gasteiger charge is 2.42. The van der Waals surface area contributed by atoms with Crippen molar-refractivity contribution >= 4 is 43.8 Å². The van der Waals surface area contributed by atoms with E-state index in [9.17, 15) is 0 Å². The molecule has 6 heterocycles. The lowest BCUT2D eigenvalue weighted by Crippen LogP contribution is -2.49. The molecule has 0 bridgehead atoms. The van der Waals surface area contributed by atoms with Gasteiger partial charge in [0, 0.05) is 56.8 Å². The highest BCUT2D eigenvalue weighted by molar-refractivity contribution is 6.23. The van der Waals surface area contributed by atoms with Gasteiger partial charge in [-0.3, -0.25) is 0 Å². The highest BCUT2D eigenvalue weighted by Crippen LogP contribution is 2.46. The fourth-order valence-corrected chi connectivity index (χ4v) is 8.73. The first-order chi connectivity index (χ1) is 22.2. The standard InChI is InChI=1S/C42H33N3/c1-26-17-20-38-30-11-4-3-10-29(30)32-19-18-28-23-41-36(34-14-9-13-33-31-12-5-6-16-39(31)45(41)42(33)34)24-35(28)37-15-7-8-21-43(37)27(2)22-40(32)44(38)25-26/h3-17,20-21,23-25,32,40H,2,18-19,22H2,1H3/q+2. The maximum absolute atomic E-state index is 4.75. The number of pyridine rings is 2. The van der Waals surface area contributed by atoms with Crippen molar-refractivity contribution in [1.29, 1.82) is 0 Å². The predicted octanol–water partition coefficient (Wildman–Crippen LogP) is 9.20. The van der Waals surface area contributed by atoms with Gasteiger partial charge in [-0.2, -0.15) is 9.13 Å². The Morgan fingerprint density at radius 2 is 1.51 bits per heavy atom. The third kappa shape index (κ3) is 3.41. The molecule has 10 rings (SSSR count). The lowest BCUT2D eigenvalue weighted by atomic mass is 9.77. The van der Waals surface area contributed by atoms with E-state index >= 15 is 0 Å². The average molecular weight is 580 g/mol. The first-order valence-corrected chi connectivity index (χ1v) is 16.2. The summed E-state index contributed by atoms with van der Waals surface area (Å²) < 4.78 is 7.43. The minimum atomic E-state index is 0.288. The van der Waals surface area contributed by atoms with Gasteiger partial charge >= 0.3 is 0 Å². The van der Waals surface area contributed by atoms with Gasteiger partial charge in [0.25, 0.3) is 0 Å². The zero-order chi connectivity index (χ0) is 29.8. The zero-order valence-corrected chi connectivity index (χ0v) is 25.4. The number of fused-ring (bicyclic) bond motifs is 15. The van der Waals surface area contributed by atoms with E-state index in [0.29, 0.717) is 5.92 Å². The van der Waals surface area contributed by atoms with Crippen molar-refractivity contribution in [2.24, 2.45) is 0 Å². The number of para-hydroxylation sites is 2. The van der Waals surface area contributed by atoms with E-state index in [1.54, 1.807) is 0 Å². The topological polar surface area (TPSA) is 12.2 Å². The molecule has 3 heteroatoms. The summed E-state index contributed by atoms with van der Waals surface area (Å²) in [6.07, 6.45) is 7.53. The van der Waals surface area contributed by atoms with Crippen LogP contribution in [0.15, 0.2) is 128 Å². The summed E-state index contributed by atoms with van der Waals surface area (Å²) in [6.45, 7) is 6.96. The van der Waals surface area contributed by atoms with Gasteiger partial charge in [-0.15, -0.1) is 0 Å². The van der Waals surface area contributed by atoms with E-state index in [4.69, 9.17) is 6.58 Å². The van der Waals surface area contributed by atoms with Gasteiger partial charge in [-0.25, -0.2) is 0 Å². The van der Waals surface area contributed by atoms with Gasteiger partial charge < -0.3 is 4.40 Å². The van der Waals surface area contributed by atoms with Gasteiger partial charge in [-0.1, -0.05) is 54.6 Å². The number of hydrogen-bond acceptors (Lipinski definition) is 0. The number of aromatic nitrogens is 3. The Kier molecular flexibility index (Phi) is 5.08. The molecule has 0 saturated carbocycles. The molecule has 0 fully saturated rings. The molecule has 0 amide bonds. The van der Waals surface area contributed by atoms with Crippen LogP contribution in [-0.4, -0.2) is 4.40 Å². The summed E-state index contributed by atoms with van der Waals surface area (Å²) in [7, 11) is 0. The van der Waals surface area contributed by atoms with Crippen LogP contribution >= 0.6 is 0 Å². The number of hydrogen-bond donors (Lipinski definition) is 0. The van der Waals surface area contributed by atoms with Crippen molar-refractivity contribution in [3.05, 3.63) is 145 Å².